The molecule has 0 saturated carbocycles. The SMILES string of the molecule is Cc1ccc(-c2cn3ccccc3n2)cc1NS(=O)(=O)Cc1cc(F)ccc1F. The highest BCUT2D eigenvalue weighted by molar-refractivity contribution is 7.91. The van der Waals surface area contributed by atoms with Gasteiger partial charge < -0.3 is 4.40 Å². The Hall–Kier alpha value is -3.26. The van der Waals surface area contributed by atoms with Gasteiger partial charge in [-0.1, -0.05) is 18.2 Å². The first-order valence-corrected chi connectivity index (χ1v) is 10.5. The number of nitrogens with one attached hydrogen (secondary N) is 1. The molecule has 2 aromatic carbocycles. The van der Waals surface area contributed by atoms with E-state index in [4.69, 9.17) is 0 Å². The molecular formula is C21H17F2N3O2S. The van der Waals surface area contributed by atoms with E-state index in [2.05, 4.69) is 9.71 Å². The number of halogens is 2. The van der Waals surface area contributed by atoms with E-state index in [0.29, 0.717) is 16.9 Å². The molecule has 2 heterocycles. The van der Waals surface area contributed by atoms with Crippen molar-refractivity contribution >= 4 is 21.4 Å². The third-order valence-corrected chi connectivity index (χ3v) is 5.74. The first-order chi connectivity index (χ1) is 13.8. The Labute approximate surface area is 166 Å². The van der Waals surface area contributed by atoms with Crippen LogP contribution in [0.3, 0.4) is 0 Å². The number of aryl methyl sites for hydroxylation is 1. The molecule has 0 saturated heterocycles. The Kier molecular flexibility index (Phi) is 4.79. The number of rotatable bonds is 5. The van der Waals surface area contributed by atoms with Gasteiger partial charge in [0.05, 0.1) is 17.1 Å². The maximum absolute atomic E-state index is 13.8. The van der Waals surface area contributed by atoms with E-state index >= 15 is 0 Å². The molecule has 4 aromatic rings. The lowest BCUT2D eigenvalue weighted by Gasteiger charge is -2.12. The van der Waals surface area contributed by atoms with E-state index in [-0.39, 0.29) is 5.56 Å². The summed E-state index contributed by atoms with van der Waals surface area (Å²) in [5, 5.41) is 0. The highest BCUT2D eigenvalue weighted by Crippen LogP contribution is 2.26. The van der Waals surface area contributed by atoms with E-state index in [0.717, 1.165) is 29.4 Å². The maximum Gasteiger partial charge on any atom is 0.237 e. The molecule has 5 nitrogen and oxygen atoms in total. The molecule has 0 aliphatic carbocycles. The molecule has 0 spiro atoms. The summed E-state index contributed by atoms with van der Waals surface area (Å²) in [5.41, 5.74) is 3.01. The second-order valence-electron chi connectivity index (χ2n) is 6.72. The molecule has 0 aliphatic heterocycles. The van der Waals surface area contributed by atoms with Crippen LogP contribution in [0.4, 0.5) is 14.5 Å². The Morgan fingerprint density at radius 1 is 1.07 bits per heavy atom. The van der Waals surface area contributed by atoms with Gasteiger partial charge in [-0.25, -0.2) is 22.2 Å². The van der Waals surface area contributed by atoms with Crippen LogP contribution in [0, 0.1) is 18.6 Å². The number of fused-ring (bicyclic) bond motifs is 1. The first kappa shape index (κ1) is 19.1. The molecule has 29 heavy (non-hydrogen) atoms. The van der Waals surface area contributed by atoms with E-state index in [9.17, 15) is 17.2 Å². The van der Waals surface area contributed by atoms with Crippen LogP contribution >= 0.6 is 0 Å². The van der Waals surface area contributed by atoms with Crippen LogP contribution in [0.15, 0.2) is 67.0 Å². The number of aromatic nitrogens is 2. The Morgan fingerprint density at radius 3 is 2.69 bits per heavy atom. The van der Waals surface area contributed by atoms with Crippen LogP contribution in [0.25, 0.3) is 16.9 Å². The van der Waals surface area contributed by atoms with Crippen molar-refractivity contribution in [1.82, 2.24) is 9.38 Å². The van der Waals surface area contributed by atoms with Crippen molar-refractivity contribution in [2.45, 2.75) is 12.7 Å². The largest absolute Gasteiger partial charge is 0.306 e. The van der Waals surface area contributed by atoms with Crippen molar-refractivity contribution in [3.05, 3.63) is 89.8 Å². The van der Waals surface area contributed by atoms with Crippen LogP contribution in [0.2, 0.25) is 0 Å². The van der Waals surface area contributed by atoms with Gasteiger partial charge in [-0.05, 0) is 48.9 Å². The standard InChI is InChI=1S/C21H17F2N3O2S/c1-14-5-6-15(20-12-26-9-3-2-4-21(26)24-20)11-19(14)25-29(27,28)13-16-10-17(22)7-8-18(16)23/h2-12,25H,13H2,1H3. The van der Waals surface area contributed by atoms with E-state index < -0.39 is 27.4 Å². The molecule has 8 heteroatoms. The van der Waals surface area contributed by atoms with Gasteiger partial charge in [-0.3, -0.25) is 4.72 Å². The number of sulfonamides is 1. The molecule has 0 radical (unpaired) electrons. The highest BCUT2D eigenvalue weighted by atomic mass is 32.2. The summed E-state index contributed by atoms with van der Waals surface area (Å²) in [6.07, 6.45) is 3.72. The van der Waals surface area contributed by atoms with Crippen LogP contribution in [0.1, 0.15) is 11.1 Å². The van der Waals surface area contributed by atoms with Crippen molar-refractivity contribution in [2.75, 3.05) is 4.72 Å². The summed E-state index contributed by atoms with van der Waals surface area (Å²) in [5.74, 6) is -2.14. The van der Waals surface area contributed by atoms with Crippen LogP contribution in [-0.2, 0) is 15.8 Å². The first-order valence-electron chi connectivity index (χ1n) is 8.80. The molecule has 0 bridgehead atoms. The summed E-state index contributed by atoms with van der Waals surface area (Å²) in [4.78, 5) is 4.53. The zero-order valence-corrected chi connectivity index (χ0v) is 16.2. The van der Waals surface area contributed by atoms with Crippen LogP contribution in [-0.4, -0.2) is 17.8 Å². The quantitative estimate of drug-likeness (QED) is 0.523. The smallest absolute Gasteiger partial charge is 0.237 e. The van der Waals surface area contributed by atoms with E-state index in [1.807, 2.05) is 41.1 Å². The highest BCUT2D eigenvalue weighted by Gasteiger charge is 2.17. The molecule has 0 fully saturated rings. The molecule has 0 unspecified atom stereocenters. The summed E-state index contributed by atoms with van der Waals surface area (Å²) >= 11 is 0. The molecular weight excluding hydrogens is 396 g/mol. The summed E-state index contributed by atoms with van der Waals surface area (Å²) in [6, 6.07) is 13.7. The third kappa shape index (κ3) is 4.12. The fraction of sp³-hybridized carbons (Fsp3) is 0.0952. The summed E-state index contributed by atoms with van der Waals surface area (Å²) in [7, 11) is -3.96. The minimum absolute atomic E-state index is 0.230. The average molecular weight is 413 g/mol. The fourth-order valence-electron chi connectivity index (χ4n) is 3.03. The molecule has 148 valence electrons. The summed E-state index contributed by atoms with van der Waals surface area (Å²) in [6.45, 7) is 1.76. The number of anilines is 1. The number of hydrogen-bond acceptors (Lipinski definition) is 3. The summed E-state index contributed by atoms with van der Waals surface area (Å²) < 4.78 is 56.6. The monoisotopic (exact) mass is 413 g/mol. The average Bonchev–Trinajstić information content (AvgIpc) is 3.10. The van der Waals surface area contributed by atoms with Crippen LogP contribution in [0.5, 0.6) is 0 Å². The van der Waals surface area contributed by atoms with Gasteiger partial charge in [0.25, 0.3) is 0 Å². The zero-order chi connectivity index (χ0) is 20.6. The number of imidazole rings is 1. The minimum Gasteiger partial charge on any atom is -0.306 e. The van der Waals surface area contributed by atoms with E-state index in [1.54, 1.807) is 19.1 Å². The number of hydrogen-bond donors (Lipinski definition) is 1. The van der Waals surface area contributed by atoms with Gasteiger partial charge >= 0.3 is 0 Å². The number of benzene rings is 2. The molecule has 0 aliphatic rings. The second-order valence-corrected chi connectivity index (χ2v) is 8.44. The van der Waals surface area contributed by atoms with Crippen molar-refractivity contribution in [3.8, 4) is 11.3 Å². The van der Waals surface area contributed by atoms with E-state index in [1.165, 1.54) is 0 Å². The number of nitrogens with zero attached hydrogens (tertiary/aromatic N) is 2. The second kappa shape index (κ2) is 7.29. The molecule has 4 rings (SSSR count). The van der Waals surface area contributed by atoms with Gasteiger partial charge in [0.1, 0.15) is 17.3 Å². The normalized spacial score (nSPS) is 11.7. The molecule has 0 amide bonds. The molecule has 0 atom stereocenters. The van der Waals surface area contributed by atoms with Crippen molar-refractivity contribution in [1.29, 1.82) is 0 Å². The van der Waals surface area contributed by atoms with Gasteiger partial charge in [0, 0.05) is 23.5 Å². The maximum atomic E-state index is 13.8. The Morgan fingerprint density at radius 2 is 1.90 bits per heavy atom. The van der Waals surface area contributed by atoms with Gasteiger partial charge in [0.2, 0.25) is 10.0 Å². The van der Waals surface area contributed by atoms with Gasteiger partial charge in [0.15, 0.2) is 0 Å². The fourth-order valence-corrected chi connectivity index (χ4v) is 4.29. The van der Waals surface area contributed by atoms with Crippen molar-refractivity contribution < 1.29 is 17.2 Å². The van der Waals surface area contributed by atoms with Gasteiger partial charge in [-0.2, -0.15) is 0 Å². The lowest BCUT2D eigenvalue weighted by atomic mass is 10.1. The van der Waals surface area contributed by atoms with Crippen molar-refractivity contribution in [2.24, 2.45) is 0 Å². The molecule has 2 aromatic heterocycles. The third-order valence-electron chi connectivity index (χ3n) is 4.52. The molecule has 1 N–H and O–H groups in total. The number of pyridine rings is 1. The van der Waals surface area contributed by atoms with Gasteiger partial charge in [-0.15, -0.1) is 0 Å². The van der Waals surface area contributed by atoms with Crippen molar-refractivity contribution in [3.63, 3.8) is 0 Å². The predicted molar refractivity (Wildman–Crippen MR) is 108 cm³/mol. The minimum atomic E-state index is -3.96. The predicted octanol–water partition coefficient (Wildman–Crippen LogP) is 4.53. The lowest BCUT2D eigenvalue weighted by Crippen LogP contribution is -2.16. The van der Waals surface area contributed by atoms with Crippen LogP contribution < -0.4 is 4.72 Å². The lowest BCUT2D eigenvalue weighted by molar-refractivity contribution is 0.581. The topological polar surface area (TPSA) is 63.5 Å². The zero-order valence-electron chi connectivity index (χ0n) is 15.4. The Bertz CT molecular complexity index is 1280. The Balaban J connectivity index is 1.64.